The van der Waals surface area contributed by atoms with Crippen LogP contribution in [0.3, 0.4) is 0 Å². The molecule has 214 valence electrons. The molecule has 12 heteroatoms. The summed E-state index contributed by atoms with van der Waals surface area (Å²) in [6.07, 6.45) is -4.41. The van der Waals surface area contributed by atoms with Crippen LogP contribution in [-0.4, -0.2) is 51.0 Å². The van der Waals surface area contributed by atoms with E-state index < -0.39 is 51.9 Å². The van der Waals surface area contributed by atoms with Crippen molar-refractivity contribution < 1.29 is 40.6 Å². The number of aliphatic hydroxyl groups is 1. The Morgan fingerprint density at radius 3 is 2.30 bits per heavy atom. The predicted molar refractivity (Wildman–Crippen MR) is 141 cm³/mol. The van der Waals surface area contributed by atoms with Crippen molar-refractivity contribution in [1.29, 1.82) is 0 Å². The number of hydrogen-bond donors (Lipinski definition) is 2. The Labute approximate surface area is 229 Å². The van der Waals surface area contributed by atoms with Gasteiger partial charge in [0.15, 0.2) is 9.84 Å². The van der Waals surface area contributed by atoms with Gasteiger partial charge in [-0.15, -0.1) is 0 Å². The van der Waals surface area contributed by atoms with Gasteiger partial charge in [-0.2, -0.15) is 13.2 Å². The Morgan fingerprint density at radius 1 is 1.10 bits per heavy atom. The highest BCUT2D eigenvalue weighted by Gasteiger charge is 2.33. The molecule has 3 N–H and O–H groups in total. The summed E-state index contributed by atoms with van der Waals surface area (Å²) in [5, 5.41) is 10.3. The zero-order valence-electron chi connectivity index (χ0n) is 21.5. The number of carbonyl (C=O) groups excluding carboxylic acids is 1. The van der Waals surface area contributed by atoms with E-state index in [1.165, 1.54) is 55.5 Å². The zero-order chi connectivity index (χ0) is 29.2. The first-order chi connectivity index (χ1) is 18.9. The number of benzene rings is 3. The minimum Gasteiger partial charge on any atom is -0.489 e. The maximum Gasteiger partial charge on any atom is 0.416 e. The number of aliphatic hydroxyl groups excluding tert-OH is 1. The number of rotatable bonds is 9. The summed E-state index contributed by atoms with van der Waals surface area (Å²) in [5.41, 5.74) is 5.05. The Kier molecular flexibility index (Phi) is 8.41. The fourth-order valence-corrected chi connectivity index (χ4v) is 5.66. The van der Waals surface area contributed by atoms with E-state index in [0.29, 0.717) is 24.2 Å². The lowest BCUT2D eigenvalue weighted by molar-refractivity contribution is -0.137. The molecule has 1 aliphatic rings. The summed E-state index contributed by atoms with van der Waals surface area (Å²) in [6, 6.07) is 12.9. The molecule has 1 heterocycles. The molecule has 0 radical (unpaired) electrons. The van der Waals surface area contributed by atoms with E-state index >= 15 is 4.39 Å². The van der Waals surface area contributed by atoms with Crippen molar-refractivity contribution in [2.75, 3.05) is 30.3 Å². The van der Waals surface area contributed by atoms with Crippen LogP contribution in [0, 0.1) is 5.82 Å². The first kappa shape index (κ1) is 29.3. The van der Waals surface area contributed by atoms with Crippen molar-refractivity contribution >= 4 is 21.4 Å². The van der Waals surface area contributed by atoms with Crippen LogP contribution in [0.25, 0.3) is 0 Å². The maximum absolute atomic E-state index is 15.8. The molecule has 4 rings (SSSR count). The summed E-state index contributed by atoms with van der Waals surface area (Å²) in [5.74, 6) is -2.69. The quantitative estimate of drug-likeness (QED) is 0.361. The average molecular weight is 581 g/mol. The van der Waals surface area contributed by atoms with Crippen molar-refractivity contribution in [2.24, 2.45) is 5.73 Å². The van der Waals surface area contributed by atoms with Gasteiger partial charge < -0.3 is 20.5 Å². The van der Waals surface area contributed by atoms with Crippen LogP contribution in [0.2, 0.25) is 0 Å². The van der Waals surface area contributed by atoms with E-state index in [0.717, 1.165) is 12.1 Å². The molecule has 1 saturated heterocycles. The summed E-state index contributed by atoms with van der Waals surface area (Å²) < 4.78 is 84.7. The largest absolute Gasteiger partial charge is 0.489 e. The molecule has 0 saturated carbocycles. The average Bonchev–Trinajstić information content (AvgIpc) is 3.38. The molecular formula is C28H28F4N2O5S. The van der Waals surface area contributed by atoms with Gasteiger partial charge in [0.2, 0.25) is 0 Å². The molecule has 1 aliphatic heterocycles. The Balaban J connectivity index is 1.64. The number of nitrogens with zero attached hydrogens (tertiary/aromatic N) is 1. The first-order valence-corrected chi connectivity index (χ1v) is 14.2. The normalized spacial score (nSPS) is 16.6. The minimum atomic E-state index is -4.46. The molecule has 2 atom stereocenters. The molecular weight excluding hydrogens is 552 g/mol. The number of nitrogens with two attached hydrogens (primary N) is 1. The zero-order valence-corrected chi connectivity index (χ0v) is 22.3. The lowest BCUT2D eigenvalue weighted by Crippen LogP contribution is -2.27. The first-order valence-electron chi connectivity index (χ1n) is 12.5. The molecule has 0 bridgehead atoms. The Bertz CT molecular complexity index is 1480. The SMILES string of the molecule is CCS(=O)(=O)c1ccc([C@@H](CO)c2c(N3CCC(Oc4ccc(C(F)(F)F)cc4)C3)ccc(C(N)=O)c2F)cc1. The summed E-state index contributed by atoms with van der Waals surface area (Å²) in [6.45, 7) is 1.63. The Morgan fingerprint density at radius 2 is 1.75 bits per heavy atom. The summed E-state index contributed by atoms with van der Waals surface area (Å²) in [7, 11) is -3.48. The number of hydrogen-bond acceptors (Lipinski definition) is 6. The van der Waals surface area contributed by atoms with Crippen LogP contribution in [0.4, 0.5) is 23.2 Å². The molecule has 3 aromatic rings. The second-order valence-electron chi connectivity index (χ2n) is 9.43. The number of halogens is 4. The lowest BCUT2D eigenvalue weighted by Gasteiger charge is -2.27. The molecule has 0 spiro atoms. The van der Waals surface area contributed by atoms with Crippen LogP contribution in [-0.2, 0) is 16.0 Å². The highest BCUT2D eigenvalue weighted by atomic mass is 32.2. The van der Waals surface area contributed by atoms with Crippen LogP contribution in [0.5, 0.6) is 5.75 Å². The highest BCUT2D eigenvalue weighted by Crippen LogP contribution is 2.38. The number of ether oxygens (including phenoxy) is 1. The second kappa shape index (κ2) is 11.5. The highest BCUT2D eigenvalue weighted by molar-refractivity contribution is 7.91. The van der Waals surface area contributed by atoms with E-state index in [1.807, 2.05) is 0 Å². The molecule has 1 fully saturated rings. The standard InChI is InChI=1S/C28H28F4N2O5S/c1-2-40(37,38)21-9-3-17(4-10-21)23(16-35)25-24(12-11-22(26(25)29)27(33)36)34-14-13-20(15-34)39-19-7-5-18(6-8-19)28(30,31)32/h3-12,20,23,35H,2,13-16H2,1H3,(H2,33,36)/t20?,23-/m1/s1. The van der Waals surface area contributed by atoms with Gasteiger partial charge in [-0.3, -0.25) is 4.79 Å². The fourth-order valence-electron chi connectivity index (χ4n) is 4.78. The van der Waals surface area contributed by atoms with Crippen LogP contribution in [0.15, 0.2) is 65.6 Å². The molecule has 1 amide bonds. The molecule has 0 aromatic heterocycles. The molecule has 40 heavy (non-hydrogen) atoms. The van der Waals surface area contributed by atoms with Gasteiger partial charge >= 0.3 is 6.18 Å². The minimum absolute atomic E-state index is 0.0140. The van der Waals surface area contributed by atoms with Crippen LogP contribution >= 0.6 is 0 Å². The molecule has 7 nitrogen and oxygen atoms in total. The smallest absolute Gasteiger partial charge is 0.416 e. The van der Waals surface area contributed by atoms with Crippen molar-refractivity contribution in [3.8, 4) is 5.75 Å². The van der Waals surface area contributed by atoms with Gasteiger partial charge in [0.1, 0.15) is 17.7 Å². The van der Waals surface area contributed by atoms with E-state index in [4.69, 9.17) is 10.5 Å². The number of amides is 1. The number of sulfone groups is 1. The fraction of sp³-hybridized carbons (Fsp3) is 0.321. The van der Waals surface area contributed by atoms with Crippen molar-refractivity contribution in [1.82, 2.24) is 0 Å². The molecule has 0 aliphatic carbocycles. The van der Waals surface area contributed by atoms with Crippen LogP contribution < -0.4 is 15.4 Å². The van der Waals surface area contributed by atoms with Gasteiger partial charge in [-0.1, -0.05) is 19.1 Å². The predicted octanol–water partition coefficient (Wildman–Crippen LogP) is 4.52. The Hall–Kier alpha value is -3.64. The third kappa shape index (κ3) is 6.07. The second-order valence-corrected chi connectivity index (χ2v) is 11.7. The third-order valence-corrected chi connectivity index (χ3v) is 8.70. The molecule has 3 aromatic carbocycles. The van der Waals surface area contributed by atoms with Gasteiger partial charge in [-0.05, 0) is 54.1 Å². The number of primary amides is 1. The lowest BCUT2D eigenvalue weighted by atomic mass is 9.88. The van der Waals surface area contributed by atoms with Crippen molar-refractivity contribution in [3.05, 3.63) is 88.7 Å². The molecule has 1 unspecified atom stereocenters. The van der Waals surface area contributed by atoms with Gasteiger partial charge in [0, 0.05) is 30.1 Å². The maximum atomic E-state index is 15.8. The van der Waals surface area contributed by atoms with Gasteiger partial charge in [0.25, 0.3) is 5.91 Å². The summed E-state index contributed by atoms with van der Waals surface area (Å²) in [4.78, 5) is 13.8. The van der Waals surface area contributed by atoms with E-state index in [2.05, 4.69) is 0 Å². The van der Waals surface area contributed by atoms with E-state index in [-0.39, 0.29) is 34.1 Å². The number of anilines is 1. The van der Waals surface area contributed by atoms with Gasteiger partial charge in [-0.25, -0.2) is 12.8 Å². The summed E-state index contributed by atoms with van der Waals surface area (Å²) >= 11 is 0. The topological polar surface area (TPSA) is 110 Å². The van der Waals surface area contributed by atoms with E-state index in [1.54, 1.807) is 4.90 Å². The third-order valence-electron chi connectivity index (χ3n) is 6.94. The van der Waals surface area contributed by atoms with Crippen LogP contribution in [0.1, 0.15) is 46.3 Å². The number of alkyl halides is 3. The van der Waals surface area contributed by atoms with Crippen molar-refractivity contribution in [3.63, 3.8) is 0 Å². The monoisotopic (exact) mass is 580 g/mol. The van der Waals surface area contributed by atoms with Crippen molar-refractivity contribution in [2.45, 2.75) is 36.4 Å². The number of carbonyl (C=O) groups is 1. The van der Waals surface area contributed by atoms with Gasteiger partial charge in [0.05, 0.1) is 34.9 Å². The van der Waals surface area contributed by atoms with E-state index in [9.17, 15) is 31.5 Å².